The number of hydrogen-bond donors (Lipinski definition) is 0. The van der Waals surface area contributed by atoms with Gasteiger partial charge < -0.3 is 4.43 Å². The van der Waals surface area contributed by atoms with Crippen LogP contribution in [-0.2, 0) is 4.43 Å². The van der Waals surface area contributed by atoms with Gasteiger partial charge in [0.1, 0.15) is 0 Å². The van der Waals surface area contributed by atoms with Crippen molar-refractivity contribution in [2.45, 2.75) is 51.5 Å². The lowest BCUT2D eigenvalue weighted by molar-refractivity contribution is 0.0557. The second kappa shape index (κ2) is 7.54. The molecule has 2 aromatic carbocycles. The molecule has 0 saturated heterocycles. The minimum absolute atomic E-state index is 0.0504. The van der Waals surface area contributed by atoms with Gasteiger partial charge in [-0.3, -0.25) is 0 Å². The van der Waals surface area contributed by atoms with Gasteiger partial charge in [0.2, 0.25) is 0 Å². The van der Waals surface area contributed by atoms with Gasteiger partial charge in [-0.1, -0.05) is 93.9 Å². The first-order valence-electron chi connectivity index (χ1n) is 9.79. The van der Waals surface area contributed by atoms with Crippen molar-refractivity contribution in [3.05, 3.63) is 73.3 Å². The topological polar surface area (TPSA) is 9.23 Å². The van der Waals surface area contributed by atoms with E-state index < -0.39 is 8.32 Å². The maximum atomic E-state index is 7.12. The minimum atomic E-state index is -2.40. The fourth-order valence-electron chi connectivity index (χ4n) is 4.41. The van der Waals surface area contributed by atoms with Crippen LogP contribution in [0.1, 0.15) is 46.5 Å². The molecule has 0 amide bonds. The number of allylic oxidation sites excluding steroid dienone is 1. The van der Waals surface area contributed by atoms with Gasteiger partial charge in [0.05, 0.1) is 0 Å². The molecule has 0 bridgehead atoms. The van der Waals surface area contributed by atoms with Crippen LogP contribution in [0.3, 0.4) is 0 Å². The summed E-state index contributed by atoms with van der Waals surface area (Å²) in [7, 11) is -2.40. The standard InChI is InChI=1S/C24H32OSi/c1-5-17-24(18-12-19-24)20-25-26(23(2,3)4,21-13-8-6-9-14-21)22-15-10-7-11-16-22/h5-11,13-16H,1,12,17-20H2,2-4H3. The highest BCUT2D eigenvalue weighted by atomic mass is 28.4. The lowest BCUT2D eigenvalue weighted by Crippen LogP contribution is -2.67. The third-order valence-electron chi connectivity index (χ3n) is 6.00. The molecule has 0 spiro atoms. The SMILES string of the molecule is C=CCC1(CO[Si](c2ccccc2)(c2ccccc2)C(C)(C)C)CCC1. The lowest BCUT2D eigenvalue weighted by Gasteiger charge is -2.48. The smallest absolute Gasteiger partial charge is 0.261 e. The van der Waals surface area contributed by atoms with Crippen molar-refractivity contribution in [1.29, 1.82) is 0 Å². The van der Waals surface area contributed by atoms with E-state index in [4.69, 9.17) is 4.43 Å². The zero-order chi connectivity index (χ0) is 18.7. The molecule has 138 valence electrons. The summed E-state index contributed by atoms with van der Waals surface area (Å²) in [6.07, 6.45) is 6.98. The van der Waals surface area contributed by atoms with E-state index in [1.54, 1.807) is 0 Å². The predicted octanol–water partition coefficient (Wildman–Crippen LogP) is 5.31. The van der Waals surface area contributed by atoms with Gasteiger partial charge in [0, 0.05) is 6.61 Å². The fraction of sp³-hybridized carbons (Fsp3) is 0.417. The summed E-state index contributed by atoms with van der Waals surface area (Å²) in [6, 6.07) is 21.9. The second-order valence-corrected chi connectivity index (χ2v) is 13.1. The van der Waals surface area contributed by atoms with Crippen LogP contribution in [-0.4, -0.2) is 14.9 Å². The lowest BCUT2D eigenvalue weighted by atomic mass is 9.67. The Hall–Kier alpha value is -1.64. The Morgan fingerprint density at radius 1 is 0.962 bits per heavy atom. The van der Waals surface area contributed by atoms with E-state index >= 15 is 0 Å². The highest BCUT2D eigenvalue weighted by Crippen LogP contribution is 2.46. The second-order valence-electron chi connectivity index (χ2n) is 8.80. The van der Waals surface area contributed by atoms with E-state index in [0.717, 1.165) is 13.0 Å². The molecule has 2 aromatic rings. The molecule has 1 saturated carbocycles. The highest BCUT2D eigenvalue weighted by molar-refractivity contribution is 6.99. The van der Waals surface area contributed by atoms with E-state index in [0.29, 0.717) is 5.41 Å². The average Bonchev–Trinajstić information content (AvgIpc) is 2.60. The largest absolute Gasteiger partial charge is 0.407 e. The van der Waals surface area contributed by atoms with Crippen LogP contribution in [0.2, 0.25) is 5.04 Å². The molecule has 0 N–H and O–H groups in total. The third-order valence-corrected chi connectivity index (χ3v) is 11.0. The summed E-state index contributed by atoms with van der Waals surface area (Å²) >= 11 is 0. The van der Waals surface area contributed by atoms with Crippen molar-refractivity contribution < 1.29 is 4.43 Å². The fourth-order valence-corrected chi connectivity index (χ4v) is 9.09. The predicted molar refractivity (Wildman–Crippen MR) is 115 cm³/mol. The van der Waals surface area contributed by atoms with E-state index in [9.17, 15) is 0 Å². The van der Waals surface area contributed by atoms with Crippen LogP contribution >= 0.6 is 0 Å². The molecule has 1 nitrogen and oxygen atoms in total. The summed E-state index contributed by atoms with van der Waals surface area (Å²) in [4.78, 5) is 0. The summed E-state index contributed by atoms with van der Waals surface area (Å²) in [5.41, 5.74) is 0.300. The summed E-state index contributed by atoms with van der Waals surface area (Å²) in [5, 5.41) is 2.79. The van der Waals surface area contributed by atoms with Gasteiger partial charge in [0.25, 0.3) is 8.32 Å². The number of rotatable bonds is 7. The van der Waals surface area contributed by atoms with E-state index in [1.807, 2.05) is 0 Å². The van der Waals surface area contributed by atoms with Crippen molar-refractivity contribution in [3.8, 4) is 0 Å². The van der Waals surface area contributed by atoms with Crippen LogP contribution in [0.25, 0.3) is 0 Å². The molecule has 0 heterocycles. The van der Waals surface area contributed by atoms with Gasteiger partial charge in [-0.2, -0.15) is 0 Å². The van der Waals surface area contributed by atoms with E-state index in [2.05, 4.69) is 94.1 Å². The van der Waals surface area contributed by atoms with Crippen molar-refractivity contribution >= 4 is 18.7 Å². The van der Waals surface area contributed by atoms with E-state index in [-0.39, 0.29) is 5.04 Å². The summed E-state index contributed by atoms with van der Waals surface area (Å²) in [6.45, 7) is 11.9. The molecule has 3 rings (SSSR count). The Bertz CT molecular complexity index is 671. The van der Waals surface area contributed by atoms with Crippen LogP contribution in [0.15, 0.2) is 73.3 Å². The normalized spacial score (nSPS) is 16.7. The van der Waals surface area contributed by atoms with Gasteiger partial charge >= 0.3 is 0 Å². The van der Waals surface area contributed by atoms with Gasteiger partial charge in [-0.25, -0.2) is 0 Å². The molecular formula is C24H32OSi. The number of benzene rings is 2. The molecule has 0 radical (unpaired) electrons. The monoisotopic (exact) mass is 364 g/mol. The molecule has 0 aromatic heterocycles. The molecular weight excluding hydrogens is 332 g/mol. The van der Waals surface area contributed by atoms with Crippen LogP contribution in [0, 0.1) is 5.41 Å². The average molecular weight is 365 g/mol. The summed E-state index contributed by atoms with van der Waals surface area (Å²) < 4.78 is 7.12. The Morgan fingerprint density at radius 3 is 1.81 bits per heavy atom. The van der Waals surface area contributed by atoms with Crippen LogP contribution < -0.4 is 10.4 Å². The van der Waals surface area contributed by atoms with Gasteiger partial charge in [0.15, 0.2) is 0 Å². The molecule has 1 fully saturated rings. The van der Waals surface area contributed by atoms with E-state index in [1.165, 1.54) is 29.6 Å². The zero-order valence-corrected chi connectivity index (χ0v) is 17.5. The molecule has 1 aliphatic carbocycles. The molecule has 0 atom stereocenters. The Balaban J connectivity index is 2.07. The highest BCUT2D eigenvalue weighted by Gasteiger charge is 2.51. The third kappa shape index (κ3) is 3.45. The minimum Gasteiger partial charge on any atom is -0.407 e. The molecule has 26 heavy (non-hydrogen) atoms. The van der Waals surface area contributed by atoms with Crippen LogP contribution in [0.4, 0.5) is 0 Å². The van der Waals surface area contributed by atoms with Crippen molar-refractivity contribution in [1.82, 2.24) is 0 Å². The molecule has 1 aliphatic rings. The van der Waals surface area contributed by atoms with Crippen molar-refractivity contribution in [2.75, 3.05) is 6.61 Å². The first-order valence-corrected chi connectivity index (χ1v) is 11.7. The van der Waals surface area contributed by atoms with Crippen molar-refractivity contribution in [2.24, 2.45) is 5.41 Å². The Morgan fingerprint density at radius 2 is 1.46 bits per heavy atom. The number of hydrogen-bond acceptors (Lipinski definition) is 1. The maximum absolute atomic E-state index is 7.12. The Kier molecular flexibility index (Phi) is 5.54. The molecule has 0 aliphatic heterocycles. The van der Waals surface area contributed by atoms with Crippen molar-refractivity contribution in [3.63, 3.8) is 0 Å². The summed E-state index contributed by atoms with van der Waals surface area (Å²) in [5.74, 6) is 0. The van der Waals surface area contributed by atoms with Gasteiger partial charge in [-0.15, -0.1) is 6.58 Å². The molecule has 2 heteroatoms. The molecule has 0 unspecified atom stereocenters. The first kappa shape index (κ1) is 19.1. The Labute approximate surface area is 160 Å². The maximum Gasteiger partial charge on any atom is 0.261 e. The van der Waals surface area contributed by atoms with Gasteiger partial charge in [-0.05, 0) is 40.1 Å². The zero-order valence-electron chi connectivity index (χ0n) is 16.5. The quantitative estimate of drug-likeness (QED) is 0.478. The first-order chi connectivity index (χ1) is 12.4. The van der Waals surface area contributed by atoms with Crippen LogP contribution in [0.5, 0.6) is 0 Å².